The first-order chi connectivity index (χ1) is 8.41. The van der Waals surface area contributed by atoms with Gasteiger partial charge in [-0.15, -0.1) is 0 Å². The molecule has 0 aromatic heterocycles. The Hall–Kier alpha value is -1.56. The second-order valence-electron chi connectivity index (χ2n) is 4.06. The van der Waals surface area contributed by atoms with E-state index in [2.05, 4.69) is 5.32 Å². The number of phenols is 2. The number of amides is 1. The van der Waals surface area contributed by atoms with E-state index in [-0.39, 0.29) is 28.2 Å². The largest absolute Gasteiger partial charge is 0.504 e. The Kier molecular flexibility index (Phi) is 5.15. The monoisotopic (exact) mass is 271 g/mol. The van der Waals surface area contributed by atoms with Gasteiger partial charge in [-0.3, -0.25) is 9.00 Å². The van der Waals surface area contributed by atoms with Gasteiger partial charge in [0.2, 0.25) is 0 Å². The normalized spacial score (nSPS) is 13.9. The van der Waals surface area contributed by atoms with E-state index in [1.54, 1.807) is 6.26 Å². The first-order valence-electron chi connectivity index (χ1n) is 5.54. The van der Waals surface area contributed by atoms with E-state index < -0.39 is 10.8 Å². The highest BCUT2D eigenvalue weighted by atomic mass is 32.2. The Balaban J connectivity index is 2.50. The number of carbonyl (C=O) groups is 1. The van der Waals surface area contributed by atoms with E-state index in [4.69, 9.17) is 5.11 Å². The van der Waals surface area contributed by atoms with Crippen LogP contribution in [-0.2, 0) is 10.8 Å². The third-order valence-electron chi connectivity index (χ3n) is 2.64. The van der Waals surface area contributed by atoms with Crippen molar-refractivity contribution >= 4 is 16.7 Å². The summed E-state index contributed by atoms with van der Waals surface area (Å²) in [5, 5.41) is 21.1. The van der Waals surface area contributed by atoms with Crippen LogP contribution in [0.15, 0.2) is 18.2 Å². The molecule has 6 heteroatoms. The van der Waals surface area contributed by atoms with Gasteiger partial charge in [-0.1, -0.05) is 6.92 Å². The number of phenolic OH excluding ortho intramolecular Hbond substituents is 2. The summed E-state index contributed by atoms with van der Waals surface area (Å²) in [5.41, 5.74) is 0.274. The molecule has 0 fully saturated rings. The molecule has 0 aliphatic carbocycles. The number of nitrogens with one attached hydrogen (secondary N) is 1. The van der Waals surface area contributed by atoms with Crippen LogP contribution in [0.1, 0.15) is 23.7 Å². The maximum atomic E-state index is 11.7. The molecule has 18 heavy (non-hydrogen) atoms. The average Bonchev–Trinajstić information content (AvgIpc) is 2.32. The molecule has 0 saturated heterocycles. The molecule has 100 valence electrons. The third-order valence-corrected chi connectivity index (χ3v) is 4.01. The highest BCUT2D eigenvalue weighted by Crippen LogP contribution is 2.24. The van der Waals surface area contributed by atoms with Crippen LogP contribution >= 0.6 is 0 Å². The molecule has 0 spiro atoms. The summed E-state index contributed by atoms with van der Waals surface area (Å²) < 4.78 is 11.1. The zero-order valence-corrected chi connectivity index (χ0v) is 11.2. The molecule has 1 aromatic carbocycles. The molecule has 0 radical (unpaired) electrons. The van der Waals surface area contributed by atoms with Crippen LogP contribution < -0.4 is 5.32 Å². The highest BCUT2D eigenvalue weighted by molar-refractivity contribution is 7.84. The van der Waals surface area contributed by atoms with Crippen LogP contribution in [-0.4, -0.2) is 38.4 Å². The second-order valence-corrected chi connectivity index (χ2v) is 5.86. The van der Waals surface area contributed by atoms with Crippen molar-refractivity contribution < 1.29 is 19.2 Å². The fourth-order valence-electron chi connectivity index (χ4n) is 1.32. The quantitative estimate of drug-likeness (QED) is 0.697. The van der Waals surface area contributed by atoms with Crippen molar-refractivity contribution in [3.05, 3.63) is 23.8 Å². The number of benzene rings is 1. The average molecular weight is 271 g/mol. The van der Waals surface area contributed by atoms with Crippen LogP contribution in [0.2, 0.25) is 0 Å². The lowest BCUT2D eigenvalue weighted by Gasteiger charge is -2.09. The smallest absolute Gasteiger partial charge is 0.251 e. The zero-order valence-electron chi connectivity index (χ0n) is 10.3. The Bertz CT molecular complexity index is 461. The van der Waals surface area contributed by atoms with Gasteiger partial charge in [0.25, 0.3) is 5.91 Å². The number of aromatic hydroxyl groups is 2. The summed E-state index contributed by atoms with van der Waals surface area (Å²) in [5.74, 6) is -0.924. The van der Waals surface area contributed by atoms with E-state index in [9.17, 15) is 14.1 Å². The molecule has 1 amide bonds. The lowest BCUT2D eigenvalue weighted by molar-refractivity contribution is 0.0953. The van der Waals surface area contributed by atoms with Crippen molar-refractivity contribution in [1.82, 2.24) is 5.32 Å². The fourth-order valence-corrected chi connectivity index (χ4v) is 1.77. The maximum Gasteiger partial charge on any atom is 0.251 e. The second kappa shape index (κ2) is 6.39. The van der Waals surface area contributed by atoms with Gasteiger partial charge in [0.05, 0.1) is 0 Å². The molecular weight excluding hydrogens is 254 g/mol. The summed E-state index contributed by atoms with van der Waals surface area (Å²) in [7, 11) is -0.901. The van der Waals surface area contributed by atoms with E-state index in [1.165, 1.54) is 18.2 Å². The summed E-state index contributed by atoms with van der Waals surface area (Å²) >= 11 is 0. The molecular formula is C12H17NO4S. The lowest BCUT2D eigenvalue weighted by atomic mass is 10.2. The summed E-state index contributed by atoms with van der Waals surface area (Å²) in [4.78, 5) is 11.7. The lowest BCUT2D eigenvalue weighted by Crippen LogP contribution is -2.27. The molecule has 0 saturated carbocycles. The van der Waals surface area contributed by atoms with Crippen LogP contribution in [0.5, 0.6) is 11.5 Å². The van der Waals surface area contributed by atoms with Gasteiger partial charge in [-0.05, 0) is 24.6 Å². The van der Waals surface area contributed by atoms with E-state index >= 15 is 0 Å². The molecule has 0 heterocycles. The minimum atomic E-state index is -0.901. The number of rotatable bonds is 5. The zero-order chi connectivity index (χ0) is 13.7. The van der Waals surface area contributed by atoms with Crippen molar-refractivity contribution in [2.75, 3.05) is 12.8 Å². The van der Waals surface area contributed by atoms with Crippen molar-refractivity contribution in [2.24, 2.45) is 0 Å². The van der Waals surface area contributed by atoms with Crippen LogP contribution in [0.4, 0.5) is 0 Å². The van der Waals surface area contributed by atoms with Gasteiger partial charge in [-0.25, -0.2) is 0 Å². The number of hydrogen-bond donors (Lipinski definition) is 3. The molecule has 0 bridgehead atoms. The van der Waals surface area contributed by atoms with E-state index in [1.807, 2.05) is 6.92 Å². The van der Waals surface area contributed by atoms with Gasteiger partial charge in [0, 0.05) is 34.4 Å². The molecule has 0 aliphatic heterocycles. The molecule has 1 aromatic rings. The van der Waals surface area contributed by atoms with Gasteiger partial charge in [0.15, 0.2) is 11.5 Å². The Labute approximate surface area is 108 Å². The SMILES string of the molecule is CC(CCNC(=O)c1ccc(O)c(O)c1)S(C)=O. The Morgan fingerprint density at radius 2 is 2.06 bits per heavy atom. The van der Waals surface area contributed by atoms with Crippen LogP contribution in [0.25, 0.3) is 0 Å². The topological polar surface area (TPSA) is 86.6 Å². The first kappa shape index (κ1) is 14.5. The molecule has 3 N–H and O–H groups in total. The predicted molar refractivity (Wildman–Crippen MR) is 70.3 cm³/mol. The van der Waals surface area contributed by atoms with Crippen LogP contribution in [0, 0.1) is 0 Å². The van der Waals surface area contributed by atoms with E-state index in [0.29, 0.717) is 13.0 Å². The minimum absolute atomic E-state index is 0.0264. The van der Waals surface area contributed by atoms with Crippen molar-refractivity contribution in [3.8, 4) is 11.5 Å². The van der Waals surface area contributed by atoms with Crippen molar-refractivity contribution in [3.63, 3.8) is 0 Å². The molecule has 2 atom stereocenters. The maximum absolute atomic E-state index is 11.7. The number of hydrogen-bond acceptors (Lipinski definition) is 4. The standard InChI is InChI=1S/C12H17NO4S/c1-8(18(2)17)5-6-13-12(16)9-3-4-10(14)11(15)7-9/h3-4,7-8,14-15H,5-6H2,1-2H3,(H,13,16). The van der Waals surface area contributed by atoms with Gasteiger partial charge >= 0.3 is 0 Å². The third kappa shape index (κ3) is 4.03. The molecule has 1 rings (SSSR count). The number of carbonyl (C=O) groups excluding carboxylic acids is 1. The van der Waals surface area contributed by atoms with Gasteiger partial charge in [-0.2, -0.15) is 0 Å². The van der Waals surface area contributed by atoms with Crippen LogP contribution in [0.3, 0.4) is 0 Å². The Morgan fingerprint density at radius 1 is 1.39 bits per heavy atom. The summed E-state index contributed by atoms with van der Waals surface area (Å²) in [6.45, 7) is 2.27. The molecule has 2 unspecified atom stereocenters. The van der Waals surface area contributed by atoms with Gasteiger partial charge < -0.3 is 15.5 Å². The summed E-state index contributed by atoms with van der Waals surface area (Å²) in [6.07, 6.45) is 2.25. The first-order valence-corrected chi connectivity index (χ1v) is 7.16. The van der Waals surface area contributed by atoms with E-state index in [0.717, 1.165) is 0 Å². The van der Waals surface area contributed by atoms with Crippen molar-refractivity contribution in [2.45, 2.75) is 18.6 Å². The fraction of sp³-hybridized carbons (Fsp3) is 0.417. The highest BCUT2D eigenvalue weighted by Gasteiger charge is 2.10. The Morgan fingerprint density at radius 3 is 2.61 bits per heavy atom. The minimum Gasteiger partial charge on any atom is -0.504 e. The molecule has 0 aliphatic rings. The van der Waals surface area contributed by atoms with Crippen molar-refractivity contribution in [1.29, 1.82) is 0 Å². The predicted octanol–water partition coefficient (Wildman–Crippen LogP) is 0.985. The summed E-state index contributed by atoms with van der Waals surface area (Å²) in [6, 6.07) is 3.88. The molecule has 5 nitrogen and oxygen atoms in total. The van der Waals surface area contributed by atoms with Gasteiger partial charge in [0.1, 0.15) is 0 Å².